The molecule has 0 fully saturated rings. The second kappa shape index (κ2) is 12.6. The van der Waals surface area contributed by atoms with Crippen LogP contribution in [-0.2, 0) is 20.7 Å². The summed E-state index contributed by atoms with van der Waals surface area (Å²) in [4.78, 5) is 37.2. The first-order valence-corrected chi connectivity index (χ1v) is 12.1. The van der Waals surface area contributed by atoms with Crippen LogP contribution in [0.5, 0.6) is 5.75 Å². The van der Waals surface area contributed by atoms with Crippen LogP contribution in [-0.4, -0.2) is 52.5 Å². The van der Waals surface area contributed by atoms with Gasteiger partial charge in [0.2, 0.25) is 0 Å². The van der Waals surface area contributed by atoms with Crippen molar-refractivity contribution in [3.63, 3.8) is 0 Å². The normalized spacial score (nSPS) is 22.8. The number of benzene rings is 1. The van der Waals surface area contributed by atoms with E-state index in [4.69, 9.17) is 4.74 Å². The Morgan fingerprint density at radius 2 is 1.91 bits per heavy atom. The van der Waals surface area contributed by atoms with Gasteiger partial charge in [-0.15, -0.1) is 0 Å². The highest BCUT2D eigenvalue weighted by Gasteiger charge is 2.35. The third kappa shape index (κ3) is 6.77. The van der Waals surface area contributed by atoms with E-state index in [0.717, 1.165) is 5.56 Å². The van der Waals surface area contributed by atoms with E-state index in [2.05, 4.69) is 0 Å². The molecule has 0 saturated heterocycles. The molecule has 3 atom stereocenters. The molecule has 2 aliphatic rings. The lowest BCUT2D eigenvalue weighted by molar-refractivity contribution is -0.131. The summed E-state index contributed by atoms with van der Waals surface area (Å²) in [5, 5.41) is 30.0. The molecule has 35 heavy (non-hydrogen) atoms. The predicted molar refractivity (Wildman–Crippen MR) is 132 cm³/mol. The Morgan fingerprint density at radius 3 is 2.63 bits per heavy atom. The first kappa shape index (κ1) is 26.6. The standard InChI is InChI=1S/C28H34O7/c1-18(31)13-25(33)23(17-30)20(10-11-29)14-19-15-22-21(8-9-24(32)28(22)26(34)16-19)27-7-5-3-2-4-6-12-35-27/h2-4,6-9,19-20,23,29-30,32H,5,10-17H2,1H3/b3-2-,6-4-,27-7-. The number of carbonyl (C=O) groups excluding carboxylic acids is 3. The smallest absolute Gasteiger partial charge is 0.167 e. The van der Waals surface area contributed by atoms with Gasteiger partial charge in [0.15, 0.2) is 5.78 Å². The molecule has 7 nitrogen and oxygen atoms in total. The van der Waals surface area contributed by atoms with E-state index in [1.165, 1.54) is 13.0 Å². The summed E-state index contributed by atoms with van der Waals surface area (Å²) in [7, 11) is 0. The van der Waals surface area contributed by atoms with E-state index >= 15 is 0 Å². The Bertz CT molecular complexity index is 1030. The lowest BCUT2D eigenvalue weighted by Gasteiger charge is -2.32. The number of aromatic hydroxyl groups is 1. The van der Waals surface area contributed by atoms with Crippen molar-refractivity contribution in [2.24, 2.45) is 17.8 Å². The number of hydrogen-bond donors (Lipinski definition) is 3. The van der Waals surface area contributed by atoms with E-state index in [1.807, 2.05) is 30.4 Å². The fraction of sp³-hybridized carbons (Fsp3) is 0.464. The van der Waals surface area contributed by atoms with Gasteiger partial charge in [0, 0.05) is 24.5 Å². The molecule has 0 spiro atoms. The molecule has 1 aliphatic carbocycles. The number of carbonyl (C=O) groups is 3. The highest BCUT2D eigenvalue weighted by Crippen LogP contribution is 2.40. The lowest BCUT2D eigenvalue weighted by Crippen LogP contribution is -2.32. The maximum atomic E-state index is 13.1. The quantitative estimate of drug-likeness (QED) is 0.436. The molecule has 7 heteroatoms. The minimum atomic E-state index is -0.773. The SMILES string of the molecule is CC(=O)CC(=O)C(CO)C(CCO)CC1CC(=O)c2c(O)ccc(/C3=C/C/C=C\C=C/CO3)c2C1. The summed E-state index contributed by atoms with van der Waals surface area (Å²) in [6.07, 6.45) is 11.5. The zero-order valence-corrected chi connectivity index (χ0v) is 20.1. The van der Waals surface area contributed by atoms with Crippen molar-refractivity contribution in [3.05, 3.63) is 59.2 Å². The maximum Gasteiger partial charge on any atom is 0.167 e. The summed E-state index contributed by atoms with van der Waals surface area (Å²) in [5.41, 5.74) is 1.77. The van der Waals surface area contributed by atoms with Gasteiger partial charge >= 0.3 is 0 Å². The van der Waals surface area contributed by atoms with Crippen molar-refractivity contribution >= 4 is 23.1 Å². The fourth-order valence-corrected chi connectivity index (χ4v) is 5.10. The molecule has 1 aromatic carbocycles. The van der Waals surface area contributed by atoms with E-state index < -0.39 is 12.5 Å². The number of allylic oxidation sites excluding steroid dienone is 4. The van der Waals surface area contributed by atoms with Gasteiger partial charge in [-0.3, -0.25) is 14.4 Å². The number of aliphatic hydroxyl groups excluding tert-OH is 2. The summed E-state index contributed by atoms with van der Waals surface area (Å²) in [6.45, 7) is 1.12. The summed E-state index contributed by atoms with van der Waals surface area (Å²) in [5.74, 6) is -1.51. The van der Waals surface area contributed by atoms with Crippen molar-refractivity contribution in [1.29, 1.82) is 0 Å². The average Bonchev–Trinajstić information content (AvgIpc) is 2.93. The van der Waals surface area contributed by atoms with Gasteiger partial charge in [0.25, 0.3) is 0 Å². The Labute approximate surface area is 205 Å². The number of phenols is 1. The van der Waals surface area contributed by atoms with Crippen LogP contribution >= 0.6 is 0 Å². The number of aliphatic hydroxyl groups is 2. The van der Waals surface area contributed by atoms with Crippen LogP contribution in [0.15, 0.2) is 42.5 Å². The molecule has 0 aromatic heterocycles. The minimum absolute atomic E-state index is 0.0626. The first-order chi connectivity index (χ1) is 16.8. The molecule has 0 bridgehead atoms. The van der Waals surface area contributed by atoms with Crippen molar-refractivity contribution in [2.75, 3.05) is 19.8 Å². The molecule has 0 amide bonds. The second-order valence-corrected chi connectivity index (χ2v) is 9.30. The number of ether oxygens (including phenoxy) is 1. The molecule has 188 valence electrons. The molecule has 3 N–H and O–H groups in total. The highest BCUT2D eigenvalue weighted by atomic mass is 16.5. The highest BCUT2D eigenvalue weighted by molar-refractivity contribution is 6.02. The molecular weight excluding hydrogens is 448 g/mol. The topological polar surface area (TPSA) is 121 Å². The number of ketones is 3. The second-order valence-electron chi connectivity index (χ2n) is 9.30. The number of fused-ring (bicyclic) bond motifs is 1. The van der Waals surface area contributed by atoms with Gasteiger partial charge in [0.05, 0.1) is 18.6 Å². The van der Waals surface area contributed by atoms with Crippen LogP contribution in [0.25, 0.3) is 5.76 Å². The van der Waals surface area contributed by atoms with Crippen LogP contribution in [0.4, 0.5) is 0 Å². The van der Waals surface area contributed by atoms with Crippen molar-refractivity contribution in [3.8, 4) is 5.75 Å². The van der Waals surface area contributed by atoms with Gasteiger partial charge in [-0.25, -0.2) is 0 Å². The zero-order valence-electron chi connectivity index (χ0n) is 20.1. The van der Waals surface area contributed by atoms with E-state index in [-0.39, 0.29) is 60.8 Å². The molecule has 3 rings (SSSR count). The number of rotatable bonds is 10. The third-order valence-electron chi connectivity index (χ3n) is 6.70. The van der Waals surface area contributed by atoms with Crippen molar-refractivity contribution in [1.82, 2.24) is 0 Å². The number of phenolic OH excluding ortho intramolecular Hbond substituents is 1. The molecule has 1 aromatic rings. The van der Waals surface area contributed by atoms with Gasteiger partial charge in [0.1, 0.15) is 29.7 Å². The Balaban J connectivity index is 1.91. The zero-order chi connectivity index (χ0) is 25.4. The molecule has 0 radical (unpaired) electrons. The largest absolute Gasteiger partial charge is 0.507 e. The fourth-order valence-electron chi connectivity index (χ4n) is 5.10. The van der Waals surface area contributed by atoms with Crippen LogP contribution in [0.1, 0.15) is 60.5 Å². The molecule has 0 saturated carbocycles. The Kier molecular flexibility index (Phi) is 9.57. The predicted octanol–water partition coefficient (Wildman–Crippen LogP) is 3.56. The van der Waals surface area contributed by atoms with Gasteiger partial charge in [-0.1, -0.05) is 18.2 Å². The van der Waals surface area contributed by atoms with Gasteiger partial charge < -0.3 is 20.1 Å². The van der Waals surface area contributed by atoms with E-state index in [0.29, 0.717) is 42.8 Å². The van der Waals surface area contributed by atoms with Crippen LogP contribution in [0.3, 0.4) is 0 Å². The maximum absolute atomic E-state index is 13.1. The number of hydrogen-bond acceptors (Lipinski definition) is 7. The van der Waals surface area contributed by atoms with Crippen LogP contribution in [0.2, 0.25) is 0 Å². The van der Waals surface area contributed by atoms with Crippen molar-refractivity contribution < 1.29 is 34.4 Å². The Morgan fingerprint density at radius 1 is 1.14 bits per heavy atom. The monoisotopic (exact) mass is 482 g/mol. The first-order valence-electron chi connectivity index (χ1n) is 12.1. The average molecular weight is 483 g/mol. The van der Waals surface area contributed by atoms with Crippen LogP contribution in [0, 0.1) is 17.8 Å². The van der Waals surface area contributed by atoms with Crippen molar-refractivity contribution in [2.45, 2.75) is 45.4 Å². The molecule has 1 aliphatic heterocycles. The van der Waals surface area contributed by atoms with E-state index in [1.54, 1.807) is 6.07 Å². The molecule has 1 heterocycles. The third-order valence-corrected chi connectivity index (χ3v) is 6.70. The minimum Gasteiger partial charge on any atom is -0.507 e. The van der Waals surface area contributed by atoms with E-state index in [9.17, 15) is 29.7 Å². The molecular formula is C28H34O7. The lowest BCUT2D eigenvalue weighted by atomic mass is 9.72. The summed E-state index contributed by atoms with van der Waals surface area (Å²) < 4.78 is 5.97. The Hall–Kier alpha value is -3.03. The molecule has 3 unspecified atom stereocenters. The van der Waals surface area contributed by atoms with Crippen LogP contribution < -0.4 is 0 Å². The summed E-state index contributed by atoms with van der Waals surface area (Å²) >= 11 is 0. The van der Waals surface area contributed by atoms with Gasteiger partial charge in [-0.05, 0) is 74.3 Å². The summed E-state index contributed by atoms with van der Waals surface area (Å²) in [6, 6.07) is 3.28. The van der Waals surface area contributed by atoms with Gasteiger partial charge in [-0.2, -0.15) is 0 Å². The number of Topliss-reactive ketones (excluding diaryl/α,β-unsaturated/α-hetero) is 3.